The maximum atomic E-state index is 11.5. The predicted octanol–water partition coefficient (Wildman–Crippen LogP) is 0.795. The molecule has 0 radical (unpaired) electrons. The van der Waals surface area contributed by atoms with E-state index in [1.54, 1.807) is 32.9 Å². The van der Waals surface area contributed by atoms with Gasteiger partial charge in [0, 0.05) is 0 Å². The van der Waals surface area contributed by atoms with Crippen LogP contribution in [0.1, 0.15) is 20.8 Å². The molecule has 0 amide bonds. The Labute approximate surface area is 89.9 Å². The van der Waals surface area contributed by atoms with Crippen molar-refractivity contribution in [2.24, 2.45) is 0 Å². The number of ether oxygens (including phenoxy) is 1. The van der Waals surface area contributed by atoms with Gasteiger partial charge in [0.15, 0.2) is 0 Å². The molecule has 2 N–H and O–H groups in total. The Balaban J connectivity index is 4.36. The number of aliphatic hydroxyl groups is 2. The van der Waals surface area contributed by atoms with Gasteiger partial charge in [-0.25, -0.2) is 4.79 Å². The normalized spacial score (nSPS) is 12.6. The molecule has 1 unspecified atom stereocenters. The minimum atomic E-state index is -1.02. The molecule has 0 aliphatic heterocycles. The molecule has 4 nitrogen and oxygen atoms in total. The van der Waals surface area contributed by atoms with E-state index in [1.165, 1.54) is 0 Å². The highest BCUT2D eigenvalue weighted by Gasteiger charge is 2.11. The first-order chi connectivity index (χ1) is 7.02. The second-order valence-electron chi connectivity index (χ2n) is 3.35. The zero-order valence-corrected chi connectivity index (χ0v) is 9.36. The zero-order valence-electron chi connectivity index (χ0n) is 9.36. The van der Waals surface area contributed by atoms with Crippen molar-refractivity contribution in [3.05, 3.63) is 23.3 Å². The predicted molar refractivity (Wildman–Crippen MR) is 57.2 cm³/mol. The van der Waals surface area contributed by atoms with Gasteiger partial charge in [0.1, 0.15) is 12.7 Å². The largest absolute Gasteiger partial charge is 0.459 e. The molecule has 0 heterocycles. The van der Waals surface area contributed by atoms with Gasteiger partial charge in [-0.2, -0.15) is 0 Å². The van der Waals surface area contributed by atoms with Crippen LogP contribution < -0.4 is 0 Å². The Morgan fingerprint density at radius 2 is 2.07 bits per heavy atom. The van der Waals surface area contributed by atoms with E-state index in [9.17, 15) is 4.79 Å². The lowest BCUT2D eigenvalue weighted by atomic mass is 10.1. The van der Waals surface area contributed by atoms with E-state index >= 15 is 0 Å². The monoisotopic (exact) mass is 214 g/mol. The third-order valence-electron chi connectivity index (χ3n) is 1.71. The summed E-state index contributed by atoms with van der Waals surface area (Å²) in [6.45, 7) is 4.81. The van der Waals surface area contributed by atoms with Crippen LogP contribution in [-0.2, 0) is 9.53 Å². The van der Waals surface area contributed by atoms with Crippen molar-refractivity contribution in [1.82, 2.24) is 0 Å². The van der Waals surface area contributed by atoms with Crippen molar-refractivity contribution < 1.29 is 19.7 Å². The fraction of sp³-hybridized carbons (Fsp3) is 0.545. The minimum Gasteiger partial charge on any atom is -0.459 e. The van der Waals surface area contributed by atoms with Gasteiger partial charge in [0.2, 0.25) is 0 Å². The van der Waals surface area contributed by atoms with Crippen LogP contribution in [0.2, 0.25) is 0 Å². The zero-order chi connectivity index (χ0) is 11.8. The third-order valence-corrected chi connectivity index (χ3v) is 1.71. The summed E-state index contributed by atoms with van der Waals surface area (Å²) in [4.78, 5) is 11.5. The van der Waals surface area contributed by atoms with Crippen LogP contribution in [0.15, 0.2) is 23.3 Å². The van der Waals surface area contributed by atoms with Gasteiger partial charge in [-0.15, -0.1) is 0 Å². The smallest absolute Gasteiger partial charge is 0.338 e. The molecule has 0 aliphatic carbocycles. The van der Waals surface area contributed by atoms with Gasteiger partial charge in [-0.05, 0) is 20.8 Å². The number of carbonyl (C=O) groups is 1. The molecule has 0 aromatic rings. The highest BCUT2D eigenvalue weighted by molar-refractivity contribution is 5.92. The van der Waals surface area contributed by atoms with Crippen molar-refractivity contribution in [3.63, 3.8) is 0 Å². The van der Waals surface area contributed by atoms with E-state index in [0.29, 0.717) is 5.57 Å². The average molecular weight is 214 g/mol. The first-order valence-electron chi connectivity index (χ1n) is 4.79. The Bertz CT molecular complexity index is 262. The molecular weight excluding hydrogens is 196 g/mol. The molecule has 0 aliphatic rings. The number of allylic oxidation sites excluding steroid dienone is 2. The molecule has 0 aromatic carbocycles. The van der Waals surface area contributed by atoms with Crippen LogP contribution in [-0.4, -0.2) is 35.5 Å². The molecular formula is C11H18O4. The topological polar surface area (TPSA) is 66.8 Å². The molecule has 0 spiro atoms. The van der Waals surface area contributed by atoms with Crippen LogP contribution in [0.5, 0.6) is 0 Å². The lowest BCUT2D eigenvalue weighted by Gasteiger charge is -2.09. The number of carbonyl (C=O) groups excluding carboxylic acids is 1. The summed E-state index contributed by atoms with van der Waals surface area (Å²) in [5.41, 5.74) is 1.32. The van der Waals surface area contributed by atoms with E-state index in [0.717, 1.165) is 5.57 Å². The fourth-order valence-corrected chi connectivity index (χ4v) is 0.908. The highest BCUT2D eigenvalue weighted by Crippen LogP contribution is 2.07. The van der Waals surface area contributed by atoms with Gasteiger partial charge < -0.3 is 14.9 Å². The Morgan fingerprint density at radius 1 is 1.47 bits per heavy atom. The van der Waals surface area contributed by atoms with Crippen LogP contribution in [0, 0.1) is 0 Å². The van der Waals surface area contributed by atoms with Gasteiger partial charge in [-0.1, -0.05) is 17.7 Å². The maximum Gasteiger partial charge on any atom is 0.338 e. The molecule has 4 heteroatoms. The molecule has 0 rings (SSSR count). The Kier molecular flexibility index (Phi) is 6.66. The first-order valence-corrected chi connectivity index (χ1v) is 4.79. The maximum absolute atomic E-state index is 11.5. The van der Waals surface area contributed by atoms with Crippen molar-refractivity contribution in [2.75, 3.05) is 13.2 Å². The molecule has 0 saturated heterocycles. The number of rotatable bonds is 5. The molecule has 1 atom stereocenters. The number of hydrogen-bond acceptors (Lipinski definition) is 4. The summed E-state index contributed by atoms with van der Waals surface area (Å²) in [6, 6.07) is 0. The van der Waals surface area contributed by atoms with Crippen LogP contribution in [0.25, 0.3) is 0 Å². The summed E-state index contributed by atoms with van der Waals surface area (Å²) < 4.78 is 4.81. The van der Waals surface area contributed by atoms with E-state index < -0.39 is 18.7 Å². The summed E-state index contributed by atoms with van der Waals surface area (Å²) >= 11 is 0. The van der Waals surface area contributed by atoms with Crippen LogP contribution in [0.3, 0.4) is 0 Å². The molecule has 0 fully saturated rings. The van der Waals surface area contributed by atoms with Gasteiger partial charge in [-0.3, -0.25) is 0 Å². The molecule has 86 valence electrons. The molecule has 15 heavy (non-hydrogen) atoms. The average Bonchev–Trinajstić information content (AvgIpc) is 2.21. The van der Waals surface area contributed by atoms with E-state index in [4.69, 9.17) is 14.9 Å². The van der Waals surface area contributed by atoms with Gasteiger partial charge in [0.25, 0.3) is 0 Å². The summed E-state index contributed by atoms with van der Waals surface area (Å²) in [5, 5.41) is 17.5. The van der Waals surface area contributed by atoms with E-state index in [-0.39, 0.29) is 6.61 Å². The third kappa shape index (κ3) is 5.34. The fourth-order valence-electron chi connectivity index (χ4n) is 0.908. The van der Waals surface area contributed by atoms with Crippen molar-refractivity contribution in [1.29, 1.82) is 0 Å². The second kappa shape index (κ2) is 7.20. The van der Waals surface area contributed by atoms with Crippen molar-refractivity contribution >= 4 is 5.97 Å². The SMILES string of the molecule is CC=CC(C(=O)OCC(O)CO)=C(C)C. The van der Waals surface area contributed by atoms with E-state index in [2.05, 4.69) is 0 Å². The second-order valence-corrected chi connectivity index (χ2v) is 3.35. The Hall–Kier alpha value is -1.13. The van der Waals surface area contributed by atoms with Crippen molar-refractivity contribution in [2.45, 2.75) is 26.9 Å². The molecule has 0 aromatic heterocycles. The number of hydrogen-bond donors (Lipinski definition) is 2. The van der Waals surface area contributed by atoms with Gasteiger partial charge in [0.05, 0.1) is 12.2 Å². The van der Waals surface area contributed by atoms with E-state index in [1.807, 2.05) is 0 Å². The standard InChI is InChI=1S/C11H18O4/c1-4-5-10(8(2)3)11(14)15-7-9(13)6-12/h4-5,9,12-13H,6-7H2,1-3H3. The minimum absolute atomic E-state index is 0.191. The summed E-state index contributed by atoms with van der Waals surface area (Å²) in [5.74, 6) is -0.486. The van der Waals surface area contributed by atoms with Crippen molar-refractivity contribution in [3.8, 4) is 0 Å². The highest BCUT2D eigenvalue weighted by atomic mass is 16.5. The first kappa shape index (κ1) is 13.9. The molecule has 0 bridgehead atoms. The van der Waals surface area contributed by atoms with Crippen LogP contribution >= 0.6 is 0 Å². The Morgan fingerprint density at radius 3 is 2.47 bits per heavy atom. The lowest BCUT2D eigenvalue weighted by molar-refractivity contribution is -0.142. The summed E-state index contributed by atoms with van der Waals surface area (Å²) in [7, 11) is 0. The lowest BCUT2D eigenvalue weighted by Crippen LogP contribution is -2.22. The molecule has 0 saturated carbocycles. The number of esters is 1. The number of aliphatic hydroxyl groups excluding tert-OH is 2. The van der Waals surface area contributed by atoms with Crippen LogP contribution in [0.4, 0.5) is 0 Å². The van der Waals surface area contributed by atoms with Gasteiger partial charge >= 0.3 is 5.97 Å². The quantitative estimate of drug-likeness (QED) is 0.403. The summed E-state index contributed by atoms with van der Waals surface area (Å²) in [6.07, 6.45) is 2.38.